The molecule has 1 aliphatic heterocycles. The van der Waals surface area contributed by atoms with Crippen LogP contribution in [0.1, 0.15) is 26.7 Å². The molecule has 0 bridgehead atoms. The largest absolute Gasteiger partial charge is 0.401 e. The molecule has 4 unspecified atom stereocenters. The van der Waals surface area contributed by atoms with Gasteiger partial charge < -0.3 is 10.8 Å². The Kier molecular flexibility index (Phi) is 5.56. The highest BCUT2D eigenvalue weighted by Crippen LogP contribution is 2.43. The second kappa shape index (κ2) is 6.84. The summed E-state index contributed by atoms with van der Waals surface area (Å²) < 4.78 is 80.8. The molecular formula is C15H22F6N2O. The second-order valence-electron chi connectivity index (χ2n) is 6.84. The Balaban J connectivity index is 2.34. The minimum Gasteiger partial charge on any atom is -0.377 e. The first-order valence-electron chi connectivity index (χ1n) is 7.86. The van der Waals surface area contributed by atoms with Gasteiger partial charge in [0, 0.05) is 30.0 Å². The van der Waals surface area contributed by atoms with Crippen LogP contribution < -0.4 is 5.73 Å². The normalized spacial score (nSPS) is 42.5. The molecule has 7 atom stereocenters. The lowest BCUT2D eigenvalue weighted by atomic mass is 9.74. The highest BCUT2D eigenvalue weighted by atomic mass is 19.4. The maximum absolute atomic E-state index is 14.4. The molecule has 2 aliphatic rings. The van der Waals surface area contributed by atoms with E-state index in [1.807, 2.05) is 0 Å². The van der Waals surface area contributed by atoms with E-state index in [2.05, 4.69) is 0 Å². The van der Waals surface area contributed by atoms with Gasteiger partial charge in [-0.15, -0.1) is 0 Å². The number of halogens is 6. The van der Waals surface area contributed by atoms with Gasteiger partial charge in [0.05, 0.1) is 6.54 Å². The van der Waals surface area contributed by atoms with Crippen molar-refractivity contribution in [3.05, 3.63) is 11.4 Å². The van der Waals surface area contributed by atoms with Gasteiger partial charge in [-0.25, -0.2) is 13.2 Å². The van der Waals surface area contributed by atoms with E-state index < -0.39 is 66.6 Å². The Morgan fingerprint density at radius 2 is 1.83 bits per heavy atom. The van der Waals surface area contributed by atoms with Crippen LogP contribution in [0.2, 0.25) is 0 Å². The molecule has 9 heteroatoms. The number of likely N-dealkylation sites (tertiary alicyclic amines) is 1. The predicted octanol–water partition coefficient (Wildman–Crippen LogP) is 2.84. The number of rotatable bonds is 2. The van der Waals surface area contributed by atoms with Crippen LogP contribution >= 0.6 is 0 Å². The summed E-state index contributed by atoms with van der Waals surface area (Å²) in [4.78, 5) is 0.678. The lowest BCUT2D eigenvalue weighted by Gasteiger charge is -2.48. The van der Waals surface area contributed by atoms with Crippen LogP contribution in [0.5, 0.6) is 0 Å². The summed E-state index contributed by atoms with van der Waals surface area (Å²) in [7, 11) is 0. The zero-order valence-corrected chi connectivity index (χ0v) is 13.4. The average molecular weight is 360 g/mol. The smallest absolute Gasteiger partial charge is 0.377 e. The van der Waals surface area contributed by atoms with Crippen LogP contribution in [0.25, 0.3) is 0 Å². The number of hydrogen-bond acceptors (Lipinski definition) is 3. The van der Waals surface area contributed by atoms with Crippen molar-refractivity contribution in [1.82, 2.24) is 4.90 Å². The van der Waals surface area contributed by atoms with Crippen LogP contribution in [0.3, 0.4) is 0 Å². The van der Waals surface area contributed by atoms with Gasteiger partial charge in [-0.3, -0.25) is 4.90 Å². The molecule has 3 nitrogen and oxygen atoms in total. The molecule has 1 aliphatic carbocycles. The monoisotopic (exact) mass is 360 g/mol. The van der Waals surface area contributed by atoms with Crippen LogP contribution in [-0.2, 0) is 0 Å². The third-order valence-corrected chi connectivity index (χ3v) is 5.05. The molecule has 2 rings (SSSR count). The molecule has 0 radical (unpaired) electrons. The van der Waals surface area contributed by atoms with Gasteiger partial charge in [0.2, 0.25) is 0 Å². The maximum atomic E-state index is 14.4. The predicted molar refractivity (Wildman–Crippen MR) is 76.0 cm³/mol. The Bertz CT molecular complexity index is 497. The first kappa shape index (κ1) is 19.5. The van der Waals surface area contributed by atoms with Crippen LogP contribution in [0, 0.1) is 11.8 Å². The lowest BCUT2D eigenvalue weighted by molar-refractivity contribution is -0.188. The third kappa shape index (κ3) is 3.72. The Morgan fingerprint density at radius 3 is 2.38 bits per heavy atom. The minimum atomic E-state index is -4.61. The van der Waals surface area contributed by atoms with E-state index >= 15 is 0 Å². The van der Waals surface area contributed by atoms with E-state index in [1.165, 1.54) is 13.8 Å². The van der Waals surface area contributed by atoms with Crippen molar-refractivity contribution in [2.45, 2.75) is 63.5 Å². The molecular weight excluding hydrogens is 338 g/mol. The van der Waals surface area contributed by atoms with Gasteiger partial charge in [0.15, 0.2) is 6.17 Å². The summed E-state index contributed by atoms with van der Waals surface area (Å²) in [5.74, 6) is -2.68. The second-order valence-corrected chi connectivity index (χ2v) is 6.84. The van der Waals surface area contributed by atoms with Gasteiger partial charge in [-0.1, -0.05) is 6.92 Å². The zero-order valence-electron chi connectivity index (χ0n) is 13.4. The number of nitrogens with two attached hydrogens (primary N) is 1. The van der Waals surface area contributed by atoms with Crippen molar-refractivity contribution >= 4 is 0 Å². The molecule has 0 aromatic carbocycles. The van der Waals surface area contributed by atoms with E-state index in [0.29, 0.717) is 4.90 Å². The number of allylic oxidation sites excluding steroid dienone is 1. The summed E-state index contributed by atoms with van der Waals surface area (Å²) in [5.41, 5.74) is 5.24. The fourth-order valence-corrected chi connectivity index (χ4v) is 3.69. The molecule has 3 N–H and O–H groups in total. The minimum absolute atomic E-state index is 0.110. The number of aliphatic hydroxyl groups is 1. The summed E-state index contributed by atoms with van der Waals surface area (Å²) >= 11 is 0. The quantitative estimate of drug-likeness (QED) is 0.745. The first-order valence-corrected chi connectivity index (χ1v) is 7.86. The number of alkyl halides is 5. The summed E-state index contributed by atoms with van der Waals surface area (Å²) in [5, 5.41) is 9.94. The van der Waals surface area contributed by atoms with E-state index in [1.54, 1.807) is 0 Å². The van der Waals surface area contributed by atoms with Crippen LogP contribution in [0.15, 0.2) is 11.4 Å². The summed E-state index contributed by atoms with van der Waals surface area (Å²) in [6.07, 6.45) is -10.7. The van der Waals surface area contributed by atoms with Crippen molar-refractivity contribution in [2.24, 2.45) is 17.6 Å². The van der Waals surface area contributed by atoms with Crippen molar-refractivity contribution in [3.8, 4) is 0 Å². The topological polar surface area (TPSA) is 49.5 Å². The number of hydrogen-bond donors (Lipinski definition) is 2. The van der Waals surface area contributed by atoms with Gasteiger partial charge in [0.25, 0.3) is 0 Å². The molecule has 0 aromatic rings. The molecule has 1 fully saturated rings. The van der Waals surface area contributed by atoms with Crippen molar-refractivity contribution in [1.29, 1.82) is 0 Å². The molecule has 0 saturated carbocycles. The number of nitrogens with zero attached hydrogens (tertiary/aromatic N) is 1. The molecule has 24 heavy (non-hydrogen) atoms. The van der Waals surface area contributed by atoms with Crippen molar-refractivity contribution < 1.29 is 31.4 Å². The summed E-state index contributed by atoms with van der Waals surface area (Å²) in [6, 6.07) is -2.14. The van der Waals surface area contributed by atoms with Crippen LogP contribution in [-0.4, -0.2) is 53.4 Å². The van der Waals surface area contributed by atoms with E-state index in [9.17, 15) is 31.4 Å². The zero-order chi connectivity index (χ0) is 18.4. The summed E-state index contributed by atoms with van der Waals surface area (Å²) in [6.45, 7) is 1.26. The molecule has 140 valence electrons. The fourth-order valence-electron chi connectivity index (χ4n) is 3.69. The van der Waals surface area contributed by atoms with Gasteiger partial charge >= 0.3 is 6.18 Å². The molecule has 1 saturated heterocycles. The fraction of sp³-hybridized carbons (Fsp3) is 0.867. The number of aliphatic hydroxyl groups excluding tert-OH is 1. The van der Waals surface area contributed by atoms with Crippen molar-refractivity contribution in [2.75, 3.05) is 6.54 Å². The lowest BCUT2D eigenvalue weighted by Crippen LogP contribution is -2.62. The first-order chi connectivity index (χ1) is 10.9. The van der Waals surface area contributed by atoms with Crippen LogP contribution in [0.4, 0.5) is 26.3 Å². The van der Waals surface area contributed by atoms with Gasteiger partial charge in [-0.2, -0.15) is 13.2 Å². The average Bonchev–Trinajstić information content (AvgIpc) is 2.45. The van der Waals surface area contributed by atoms with Gasteiger partial charge in [-0.05, 0) is 19.3 Å². The molecule has 1 heterocycles. The highest BCUT2D eigenvalue weighted by molar-refractivity contribution is 5.25. The Labute approximate surface area is 136 Å². The Morgan fingerprint density at radius 1 is 1.25 bits per heavy atom. The van der Waals surface area contributed by atoms with E-state index in [0.717, 1.165) is 0 Å². The molecule has 0 aromatic heterocycles. The number of piperidine rings is 1. The van der Waals surface area contributed by atoms with E-state index in [-0.39, 0.29) is 12.8 Å². The third-order valence-electron chi connectivity index (χ3n) is 5.05. The molecule has 0 spiro atoms. The molecule has 0 amide bonds. The Hall–Kier alpha value is -0.800. The SMILES string of the molecule is CC1CC(F)=C([C@@H]2C[C@H](N)C(O)N(CC(F)(F)F)[C@@H]2C)C(F)C1F. The maximum Gasteiger partial charge on any atom is 0.401 e. The van der Waals surface area contributed by atoms with Gasteiger partial charge in [0.1, 0.15) is 18.2 Å². The standard InChI is InChI=1S/C15H22F6N2O/c1-6-3-9(16)11(13(18)12(6)17)8-4-10(22)14(24)23(7(8)2)5-15(19,20)21/h6-8,10,12-14,24H,3-5,22H2,1-2H3/t6?,7-,8-,10+,12?,13?,14?/m1/s1. The van der Waals surface area contributed by atoms with Crippen molar-refractivity contribution in [3.63, 3.8) is 0 Å². The van der Waals surface area contributed by atoms with E-state index in [4.69, 9.17) is 5.73 Å². The highest BCUT2D eigenvalue weighted by Gasteiger charge is 2.49.